The van der Waals surface area contributed by atoms with Gasteiger partial charge >= 0.3 is 0 Å². The van der Waals surface area contributed by atoms with Crippen LogP contribution >= 0.6 is 0 Å². The van der Waals surface area contributed by atoms with Gasteiger partial charge in [0.25, 0.3) is 5.91 Å². The number of nitrogens with zero attached hydrogens (tertiary/aromatic N) is 1. The summed E-state index contributed by atoms with van der Waals surface area (Å²) in [4.78, 5) is 22.8. The van der Waals surface area contributed by atoms with E-state index in [-0.39, 0.29) is 17.2 Å². The summed E-state index contributed by atoms with van der Waals surface area (Å²) in [5.41, 5.74) is 0.0621. The Hall–Kier alpha value is -1.78. The highest BCUT2D eigenvalue weighted by molar-refractivity contribution is 5.92. The molecule has 5 nitrogen and oxygen atoms in total. The van der Waals surface area contributed by atoms with E-state index in [0.29, 0.717) is 10.3 Å². The summed E-state index contributed by atoms with van der Waals surface area (Å²) in [6, 6.07) is 1.07. The van der Waals surface area contributed by atoms with Crippen LogP contribution in [-0.4, -0.2) is 21.9 Å². The molecule has 1 rings (SSSR count). The van der Waals surface area contributed by atoms with Crippen molar-refractivity contribution in [3.05, 3.63) is 33.7 Å². The zero-order valence-electron chi connectivity index (χ0n) is 8.94. The molecule has 0 spiro atoms. The lowest BCUT2D eigenvalue weighted by Crippen LogP contribution is -2.33. The first-order valence-corrected chi connectivity index (χ1v) is 4.65. The molecule has 0 saturated carbocycles. The maximum absolute atomic E-state index is 11.5. The summed E-state index contributed by atoms with van der Waals surface area (Å²) >= 11 is 0. The van der Waals surface area contributed by atoms with Gasteiger partial charge in [-0.25, -0.2) is 0 Å². The minimum absolute atomic E-state index is 0.0473. The fourth-order valence-corrected chi connectivity index (χ4v) is 1.13. The Balaban J connectivity index is 3.10. The number of nitrogens with one attached hydrogen (secondary N) is 1. The van der Waals surface area contributed by atoms with Crippen LogP contribution in [0.1, 0.15) is 29.9 Å². The lowest BCUT2D eigenvalue weighted by molar-refractivity contribution is 0.0887. The molecule has 1 heterocycles. The quantitative estimate of drug-likeness (QED) is 0.699. The number of aryl methyl sites for hydroxylation is 1. The Bertz CT molecular complexity index is 435. The van der Waals surface area contributed by atoms with Gasteiger partial charge < -0.3 is 10.5 Å². The smallest absolute Gasteiger partial charge is 0.271 e. The molecule has 0 radical (unpaired) electrons. The van der Waals surface area contributed by atoms with Crippen molar-refractivity contribution >= 4 is 5.91 Å². The van der Waals surface area contributed by atoms with Gasteiger partial charge in [-0.1, -0.05) is 0 Å². The molecule has 0 aliphatic carbocycles. The highest BCUT2D eigenvalue weighted by atomic mass is 16.5. The fraction of sp³-hybridized carbons (Fsp3) is 0.400. The normalized spacial score (nSPS) is 10.4. The summed E-state index contributed by atoms with van der Waals surface area (Å²) in [6.45, 7) is 5.16. The average molecular weight is 210 g/mol. The van der Waals surface area contributed by atoms with Crippen LogP contribution in [0.25, 0.3) is 0 Å². The first-order valence-electron chi connectivity index (χ1n) is 4.65. The van der Waals surface area contributed by atoms with Crippen LogP contribution in [0.5, 0.6) is 0 Å². The Morgan fingerprint density at radius 1 is 1.53 bits per heavy atom. The van der Waals surface area contributed by atoms with E-state index in [1.165, 1.54) is 6.20 Å². The van der Waals surface area contributed by atoms with E-state index in [9.17, 15) is 14.8 Å². The number of rotatable bonds is 2. The van der Waals surface area contributed by atoms with Crippen molar-refractivity contribution < 1.29 is 10.0 Å². The third-order valence-electron chi connectivity index (χ3n) is 1.87. The van der Waals surface area contributed by atoms with Crippen LogP contribution in [0.4, 0.5) is 0 Å². The van der Waals surface area contributed by atoms with Crippen LogP contribution in [0.3, 0.4) is 0 Å². The SMILES string of the molecule is Cc1cn(O)c(C(=O)NC(C)C)cc1=O. The van der Waals surface area contributed by atoms with Crippen molar-refractivity contribution in [2.24, 2.45) is 0 Å². The molecular formula is C10H14N2O3. The van der Waals surface area contributed by atoms with Crippen LogP contribution in [-0.2, 0) is 0 Å². The molecule has 0 saturated heterocycles. The Morgan fingerprint density at radius 3 is 2.67 bits per heavy atom. The zero-order chi connectivity index (χ0) is 11.6. The summed E-state index contributed by atoms with van der Waals surface area (Å²) in [5, 5.41) is 12.0. The topological polar surface area (TPSA) is 71.3 Å². The summed E-state index contributed by atoms with van der Waals surface area (Å²) < 4.78 is 0.661. The van der Waals surface area contributed by atoms with E-state index in [0.717, 1.165) is 6.07 Å². The molecular weight excluding hydrogens is 196 g/mol. The van der Waals surface area contributed by atoms with Gasteiger partial charge in [-0.2, -0.15) is 4.73 Å². The molecule has 1 aromatic rings. The Labute approximate surface area is 87.3 Å². The van der Waals surface area contributed by atoms with Crippen molar-refractivity contribution in [1.82, 2.24) is 10.0 Å². The lowest BCUT2D eigenvalue weighted by atomic mass is 10.2. The van der Waals surface area contributed by atoms with Gasteiger partial charge in [0, 0.05) is 17.7 Å². The van der Waals surface area contributed by atoms with Crippen LogP contribution in [0, 0.1) is 6.92 Å². The number of hydrogen-bond acceptors (Lipinski definition) is 3. The van der Waals surface area contributed by atoms with E-state index in [4.69, 9.17) is 0 Å². The Morgan fingerprint density at radius 2 is 2.13 bits per heavy atom. The van der Waals surface area contributed by atoms with Gasteiger partial charge in [0.15, 0.2) is 5.43 Å². The molecule has 1 amide bonds. The predicted octanol–water partition coefficient (Wildman–Crippen LogP) is 0.532. The van der Waals surface area contributed by atoms with Crippen molar-refractivity contribution in [3.8, 4) is 0 Å². The van der Waals surface area contributed by atoms with E-state index in [2.05, 4.69) is 5.32 Å². The first kappa shape index (κ1) is 11.3. The van der Waals surface area contributed by atoms with E-state index >= 15 is 0 Å². The molecule has 5 heteroatoms. The lowest BCUT2D eigenvalue weighted by Gasteiger charge is -2.10. The second kappa shape index (κ2) is 4.16. The van der Waals surface area contributed by atoms with Crippen molar-refractivity contribution in [2.45, 2.75) is 26.8 Å². The highest BCUT2D eigenvalue weighted by Crippen LogP contribution is 1.97. The van der Waals surface area contributed by atoms with Crippen LogP contribution in [0.2, 0.25) is 0 Å². The van der Waals surface area contributed by atoms with Crippen LogP contribution in [0.15, 0.2) is 17.1 Å². The second-order valence-corrected chi connectivity index (χ2v) is 3.68. The second-order valence-electron chi connectivity index (χ2n) is 3.68. The first-order chi connectivity index (χ1) is 6.91. The van der Waals surface area contributed by atoms with Crippen molar-refractivity contribution in [3.63, 3.8) is 0 Å². The van der Waals surface area contributed by atoms with Crippen molar-refractivity contribution in [1.29, 1.82) is 0 Å². The molecule has 0 aliphatic heterocycles. The van der Waals surface area contributed by atoms with E-state index < -0.39 is 5.91 Å². The number of carbonyl (C=O) groups is 1. The summed E-state index contributed by atoms with van der Waals surface area (Å²) in [7, 11) is 0. The van der Waals surface area contributed by atoms with Gasteiger partial charge in [0.2, 0.25) is 0 Å². The molecule has 0 aliphatic rings. The number of amides is 1. The minimum Gasteiger partial charge on any atom is -0.428 e. The average Bonchev–Trinajstić information content (AvgIpc) is 2.09. The maximum atomic E-state index is 11.5. The van der Waals surface area contributed by atoms with Crippen LogP contribution < -0.4 is 10.7 Å². The van der Waals surface area contributed by atoms with E-state index in [1.54, 1.807) is 20.8 Å². The molecule has 0 aromatic carbocycles. The molecule has 2 N–H and O–H groups in total. The maximum Gasteiger partial charge on any atom is 0.271 e. The molecule has 0 fully saturated rings. The van der Waals surface area contributed by atoms with E-state index in [1.807, 2.05) is 0 Å². The predicted molar refractivity (Wildman–Crippen MR) is 55.2 cm³/mol. The highest BCUT2D eigenvalue weighted by Gasteiger charge is 2.12. The molecule has 15 heavy (non-hydrogen) atoms. The molecule has 0 atom stereocenters. The van der Waals surface area contributed by atoms with Gasteiger partial charge in [0.1, 0.15) is 5.69 Å². The van der Waals surface area contributed by atoms with Gasteiger partial charge in [-0.15, -0.1) is 0 Å². The number of carbonyl (C=O) groups excluding carboxylic acids is 1. The van der Waals surface area contributed by atoms with Gasteiger partial charge in [-0.05, 0) is 20.8 Å². The fourth-order valence-electron chi connectivity index (χ4n) is 1.13. The van der Waals surface area contributed by atoms with Gasteiger partial charge in [-0.3, -0.25) is 9.59 Å². The zero-order valence-corrected chi connectivity index (χ0v) is 8.94. The summed E-state index contributed by atoms with van der Waals surface area (Å²) in [5.74, 6) is -0.468. The molecule has 82 valence electrons. The molecule has 0 bridgehead atoms. The Kier molecular flexibility index (Phi) is 3.14. The number of aromatic nitrogens is 1. The summed E-state index contributed by atoms with van der Waals surface area (Å²) in [6.07, 6.45) is 1.22. The number of hydrogen-bond donors (Lipinski definition) is 2. The standard InChI is InChI=1S/C10H14N2O3/c1-6(2)11-10(14)8-4-9(13)7(3)5-12(8)15/h4-6,15H,1-3H3,(H,11,14). The third-order valence-corrected chi connectivity index (χ3v) is 1.87. The molecule has 1 aromatic heterocycles. The minimum atomic E-state index is -0.468. The van der Waals surface area contributed by atoms with Gasteiger partial charge in [0.05, 0.1) is 6.20 Å². The molecule has 0 unspecified atom stereocenters. The van der Waals surface area contributed by atoms with Crippen molar-refractivity contribution in [2.75, 3.05) is 0 Å². The number of pyridine rings is 1. The third kappa shape index (κ3) is 2.59. The monoisotopic (exact) mass is 210 g/mol. The largest absolute Gasteiger partial charge is 0.428 e.